The molecule has 0 spiro atoms. The molecule has 1 fully saturated rings. The van der Waals surface area contributed by atoms with Crippen LogP contribution in [0.4, 0.5) is 0 Å². The lowest BCUT2D eigenvalue weighted by atomic mass is 9.93. The van der Waals surface area contributed by atoms with Crippen molar-refractivity contribution in [1.82, 2.24) is 19.4 Å². The van der Waals surface area contributed by atoms with Crippen molar-refractivity contribution >= 4 is 0 Å². The number of nitrogens with zero attached hydrogens (tertiary/aromatic N) is 4. The molecule has 1 aliphatic rings. The van der Waals surface area contributed by atoms with Crippen LogP contribution in [0.25, 0.3) is 0 Å². The minimum atomic E-state index is 0.576. The zero-order chi connectivity index (χ0) is 13.9. The van der Waals surface area contributed by atoms with Crippen LogP contribution in [0.5, 0.6) is 0 Å². The van der Waals surface area contributed by atoms with Crippen molar-refractivity contribution in [2.24, 2.45) is 7.05 Å². The van der Waals surface area contributed by atoms with Gasteiger partial charge >= 0.3 is 0 Å². The van der Waals surface area contributed by atoms with E-state index in [-0.39, 0.29) is 0 Å². The van der Waals surface area contributed by atoms with Crippen LogP contribution < -0.4 is 0 Å². The van der Waals surface area contributed by atoms with E-state index in [0.717, 1.165) is 25.3 Å². The van der Waals surface area contributed by atoms with Gasteiger partial charge in [-0.3, -0.25) is 14.9 Å². The quantitative estimate of drug-likeness (QED) is 0.859. The third-order valence-electron chi connectivity index (χ3n) is 4.22. The Morgan fingerprint density at radius 3 is 2.70 bits per heavy atom. The first-order valence-corrected chi connectivity index (χ1v) is 7.33. The molecule has 2 aromatic heterocycles. The van der Waals surface area contributed by atoms with Crippen LogP contribution in [-0.2, 0) is 13.6 Å². The molecule has 0 amide bonds. The number of aryl methyl sites for hydroxylation is 2. The van der Waals surface area contributed by atoms with Gasteiger partial charge in [-0.2, -0.15) is 0 Å². The summed E-state index contributed by atoms with van der Waals surface area (Å²) in [6, 6.07) is 4.32. The van der Waals surface area contributed by atoms with Crippen molar-refractivity contribution in [2.45, 2.75) is 32.2 Å². The zero-order valence-corrected chi connectivity index (χ0v) is 12.3. The van der Waals surface area contributed by atoms with Gasteiger partial charge in [-0.15, -0.1) is 0 Å². The number of piperidine rings is 1. The SMILES string of the molecule is Cc1cncc(C2CCN(Cc3cccn3C)CC2)n1. The van der Waals surface area contributed by atoms with Crippen LogP contribution >= 0.6 is 0 Å². The topological polar surface area (TPSA) is 34.0 Å². The summed E-state index contributed by atoms with van der Waals surface area (Å²) in [5.41, 5.74) is 3.58. The average Bonchev–Trinajstić information content (AvgIpc) is 2.85. The normalized spacial score (nSPS) is 17.5. The second kappa shape index (κ2) is 5.75. The van der Waals surface area contributed by atoms with Crippen molar-refractivity contribution in [2.75, 3.05) is 13.1 Å². The molecule has 3 rings (SSSR count). The van der Waals surface area contributed by atoms with Crippen molar-refractivity contribution < 1.29 is 0 Å². The highest BCUT2D eigenvalue weighted by Crippen LogP contribution is 2.27. The zero-order valence-electron chi connectivity index (χ0n) is 12.3. The summed E-state index contributed by atoms with van der Waals surface area (Å²) in [5, 5.41) is 0. The minimum Gasteiger partial charge on any atom is -0.353 e. The summed E-state index contributed by atoms with van der Waals surface area (Å²) in [4.78, 5) is 11.4. The molecule has 0 N–H and O–H groups in total. The van der Waals surface area contributed by atoms with Gasteiger partial charge in [-0.25, -0.2) is 0 Å². The lowest BCUT2D eigenvalue weighted by Gasteiger charge is -2.31. The van der Waals surface area contributed by atoms with E-state index in [0.29, 0.717) is 5.92 Å². The number of hydrogen-bond donors (Lipinski definition) is 0. The van der Waals surface area contributed by atoms with E-state index in [1.165, 1.54) is 24.2 Å². The molecule has 0 unspecified atom stereocenters. The second-order valence-corrected chi connectivity index (χ2v) is 5.75. The third kappa shape index (κ3) is 2.90. The van der Waals surface area contributed by atoms with Gasteiger partial charge in [-0.05, 0) is 45.0 Å². The average molecular weight is 270 g/mol. The molecule has 0 atom stereocenters. The first kappa shape index (κ1) is 13.3. The van der Waals surface area contributed by atoms with E-state index < -0.39 is 0 Å². The number of likely N-dealkylation sites (tertiary alicyclic amines) is 1. The molecule has 20 heavy (non-hydrogen) atoms. The maximum atomic E-state index is 4.63. The fourth-order valence-corrected chi connectivity index (χ4v) is 2.96. The molecule has 106 valence electrons. The number of hydrogen-bond acceptors (Lipinski definition) is 3. The fourth-order valence-electron chi connectivity index (χ4n) is 2.96. The second-order valence-electron chi connectivity index (χ2n) is 5.75. The van der Waals surface area contributed by atoms with Crippen LogP contribution in [0.3, 0.4) is 0 Å². The van der Waals surface area contributed by atoms with E-state index in [9.17, 15) is 0 Å². The predicted octanol–water partition coefficient (Wildman–Crippen LogP) is 2.50. The van der Waals surface area contributed by atoms with Gasteiger partial charge in [0.15, 0.2) is 0 Å². The first-order valence-electron chi connectivity index (χ1n) is 7.33. The van der Waals surface area contributed by atoms with Crippen LogP contribution in [0.2, 0.25) is 0 Å². The van der Waals surface area contributed by atoms with Gasteiger partial charge in [0.25, 0.3) is 0 Å². The maximum Gasteiger partial charge on any atom is 0.0621 e. The smallest absolute Gasteiger partial charge is 0.0621 e. The van der Waals surface area contributed by atoms with E-state index in [2.05, 4.69) is 44.8 Å². The molecule has 3 heterocycles. The van der Waals surface area contributed by atoms with Crippen molar-refractivity contribution in [3.8, 4) is 0 Å². The molecule has 2 aromatic rings. The summed E-state index contributed by atoms with van der Waals surface area (Å²) < 4.78 is 2.21. The third-order valence-corrected chi connectivity index (χ3v) is 4.22. The lowest BCUT2D eigenvalue weighted by Crippen LogP contribution is -2.33. The minimum absolute atomic E-state index is 0.576. The van der Waals surface area contributed by atoms with Crippen LogP contribution in [-0.4, -0.2) is 32.5 Å². The Hall–Kier alpha value is -1.68. The van der Waals surface area contributed by atoms with Crippen LogP contribution in [0.15, 0.2) is 30.7 Å². The van der Waals surface area contributed by atoms with Gasteiger partial charge in [0.2, 0.25) is 0 Å². The molecule has 1 saturated heterocycles. The maximum absolute atomic E-state index is 4.63. The number of rotatable bonds is 3. The Labute approximate surface area is 120 Å². The summed E-state index contributed by atoms with van der Waals surface area (Å²) in [6.45, 7) is 5.35. The van der Waals surface area contributed by atoms with Gasteiger partial charge in [0.05, 0.1) is 11.4 Å². The predicted molar refractivity (Wildman–Crippen MR) is 79.4 cm³/mol. The molecule has 0 aliphatic carbocycles. The molecule has 0 aromatic carbocycles. The van der Waals surface area contributed by atoms with E-state index in [4.69, 9.17) is 0 Å². The van der Waals surface area contributed by atoms with Crippen LogP contribution in [0, 0.1) is 6.92 Å². The lowest BCUT2D eigenvalue weighted by molar-refractivity contribution is 0.199. The molecular formula is C16H22N4. The monoisotopic (exact) mass is 270 g/mol. The Morgan fingerprint density at radius 2 is 2.05 bits per heavy atom. The molecule has 4 heteroatoms. The largest absolute Gasteiger partial charge is 0.353 e. The van der Waals surface area contributed by atoms with Crippen LogP contribution in [0.1, 0.15) is 35.8 Å². The van der Waals surface area contributed by atoms with E-state index >= 15 is 0 Å². The molecule has 0 radical (unpaired) electrons. The number of aromatic nitrogens is 3. The fraction of sp³-hybridized carbons (Fsp3) is 0.500. The summed E-state index contributed by atoms with van der Waals surface area (Å²) in [6.07, 6.45) is 8.24. The van der Waals surface area contributed by atoms with Crippen molar-refractivity contribution in [1.29, 1.82) is 0 Å². The first-order chi connectivity index (χ1) is 9.72. The van der Waals surface area contributed by atoms with E-state index in [1.807, 2.05) is 19.3 Å². The highest BCUT2D eigenvalue weighted by molar-refractivity contribution is 5.10. The Balaban J connectivity index is 1.58. The van der Waals surface area contributed by atoms with Crippen molar-refractivity contribution in [3.05, 3.63) is 47.8 Å². The van der Waals surface area contributed by atoms with Gasteiger partial charge in [0, 0.05) is 43.8 Å². The standard InChI is InChI=1S/C16H22N4/c1-13-10-17-11-16(18-13)14-5-8-20(9-6-14)12-15-4-3-7-19(15)2/h3-4,7,10-11,14H,5-6,8-9,12H2,1-2H3. The Bertz CT molecular complexity index is 567. The summed E-state index contributed by atoms with van der Waals surface area (Å²) in [5.74, 6) is 0.576. The van der Waals surface area contributed by atoms with Gasteiger partial charge in [0.1, 0.15) is 0 Å². The molecule has 0 saturated carbocycles. The molecule has 4 nitrogen and oxygen atoms in total. The summed E-state index contributed by atoms with van der Waals surface area (Å²) in [7, 11) is 2.12. The summed E-state index contributed by atoms with van der Waals surface area (Å²) >= 11 is 0. The highest BCUT2D eigenvalue weighted by Gasteiger charge is 2.22. The van der Waals surface area contributed by atoms with Crippen molar-refractivity contribution in [3.63, 3.8) is 0 Å². The van der Waals surface area contributed by atoms with Gasteiger partial charge in [-0.1, -0.05) is 0 Å². The molecular weight excluding hydrogens is 248 g/mol. The van der Waals surface area contributed by atoms with Gasteiger partial charge < -0.3 is 4.57 Å². The molecule has 1 aliphatic heterocycles. The Morgan fingerprint density at radius 1 is 1.25 bits per heavy atom. The van der Waals surface area contributed by atoms with E-state index in [1.54, 1.807) is 0 Å². The Kier molecular flexibility index (Phi) is 3.83. The highest BCUT2D eigenvalue weighted by atomic mass is 15.1. The molecule has 0 bridgehead atoms.